The summed E-state index contributed by atoms with van der Waals surface area (Å²) in [6.45, 7) is 9.51. The number of rotatable bonds is 5. The highest BCUT2D eigenvalue weighted by molar-refractivity contribution is 7.09. The van der Waals surface area contributed by atoms with E-state index in [-0.39, 0.29) is 0 Å². The van der Waals surface area contributed by atoms with Crippen LogP contribution in [0, 0.1) is 0 Å². The molecule has 3 heteroatoms. The normalized spacial score (nSPS) is 12.2. The molecular weight excluding hydrogens is 290 g/mol. The molecule has 1 aromatic carbocycles. The average molecular weight is 315 g/mol. The molecule has 0 saturated carbocycles. The molecule has 0 spiro atoms. The predicted molar refractivity (Wildman–Crippen MR) is 98.1 cm³/mol. The standard InChI is InChI=1S/C16H16OS.C3H9N/c1-3-7-14-8-4-5-10-16(14)13(2)17-12-15-9-6-11-18-15;1-3-4-2/h3-11H,1,12H2,2H3;4H,3H2,1-2H3/b14-7-,16-13+;. The molecule has 2 aromatic rings. The minimum atomic E-state index is 0.631. The van der Waals surface area contributed by atoms with E-state index < -0.39 is 0 Å². The van der Waals surface area contributed by atoms with Crippen molar-refractivity contribution in [3.8, 4) is 0 Å². The molecule has 1 heterocycles. The number of benzene rings is 1. The second-order valence-electron chi connectivity index (χ2n) is 4.62. The maximum atomic E-state index is 5.83. The highest BCUT2D eigenvalue weighted by Gasteiger charge is 1.97. The third-order valence-corrected chi connectivity index (χ3v) is 3.85. The Morgan fingerprint density at radius 1 is 1.27 bits per heavy atom. The Kier molecular flexibility index (Phi) is 8.96. The molecule has 1 N–H and O–H groups in total. The van der Waals surface area contributed by atoms with Gasteiger partial charge in [0.15, 0.2) is 0 Å². The molecule has 0 aliphatic rings. The number of hydrogen-bond acceptors (Lipinski definition) is 3. The second-order valence-corrected chi connectivity index (χ2v) is 5.65. The smallest absolute Gasteiger partial charge is 0.122 e. The first kappa shape index (κ1) is 18.2. The van der Waals surface area contributed by atoms with Gasteiger partial charge in [-0.05, 0) is 37.2 Å². The SMILES string of the molecule is C=C/C=c1/cccc/c1=C(/C)OCc1cccs1.CCNC. The molecule has 1 aromatic heterocycles. The first-order valence-corrected chi connectivity index (χ1v) is 8.29. The number of allylic oxidation sites excluding steroid dienone is 1. The van der Waals surface area contributed by atoms with Crippen LogP contribution in [0.25, 0.3) is 11.8 Å². The first-order valence-electron chi connectivity index (χ1n) is 7.41. The van der Waals surface area contributed by atoms with Gasteiger partial charge in [-0.25, -0.2) is 0 Å². The van der Waals surface area contributed by atoms with Gasteiger partial charge in [-0.1, -0.05) is 56.0 Å². The van der Waals surface area contributed by atoms with Gasteiger partial charge in [0.2, 0.25) is 0 Å². The van der Waals surface area contributed by atoms with Crippen molar-refractivity contribution in [1.29, 1.82) is 0 Å². The third-order valence-electron chi connectivity index (χ3n) is 3.00. The average Bonchev–Trinajstić information content (AvgIpc) is 3.07. The van der Waals surface area contributed by atoms with Crippen molar-refractivity contribution in [3.05, 3.63) is 69.7 Å². The van der Waals surface area contributed by atoms with E-state index in [0.717, 1.165) is 22.7 Å². The fraction of sp³-hybridized carbons (Fsp3) is 0.263. The molecule has 0 bridgehead atoms. The van der Waals surface area contributed by atoms with E-state index >= 15 is 0 Å². The van der Waals surface area contributed by atoms with Crippen molar-refractivity contribution in [2.24, 2.45) is 0 Å². The molecule has 0 aliphatic carbocycles. The van der Waals surface area contributed by atoms with Gasteiger partial charge in [-0.2, -0.15) is 0 Å². The summed E-state index contributed by atoms with van der Waals surface area (Å²) in [4.78, 5) is 1.24. The molecule has 0 unspecified atom stereocenters. The van der Waals surface area contributed by atoms with Crippen molar-refractivity contribution < 1.29 is 4.74 Å². The van der Waals surface area contributed by atoms with Crippen molar-refractivity contribution in [1.82, 2.24) is 5.32 Å². The minimum Gasteiger partial charge on any atom is -0.492 e. The van der Waals surface area contributed by atoms with Crippen LogP contribution in [0.2, 0.25) is 0 Å². The van der Waals surface area contributed by atoms with Crippen molar-refractivity contribution in [2.75, 3.05) is 13.6 Å². The maximum absolute atomic E-state index is 5.83. The van der Waals surface area contributed by atoms with E-state index in [0.29, 0.717) is 6.61 Å². The summed E-state index contributed by atoms with van der Waals surface area (Å²) < 4.78 is 5.83. The van der Waals surface area contributed by atoms with Crippen LogP contribution >= 0.6 is 11.3 Å². The van der Waals surface area contributed by atoms with Crippen LogP contribution < -0.4 is 15.8 Å². The summed E-state index contributed by atoms with van der Waals surface area (Å²) in [5.74, 6) is 0.942. The second kappa shape index (κ2) is 10.8. The molecule has 0 aliphatic heterocycles. The predicted octanol–water partition coefficient (Wildman–Crippen LogP) is 3.29. The lowest BCUT2D eigenvalue weighted by Crippen LogP contribution is -2.26. The van der Waals surface area contributed by atoms with Gasteiger partial charge < -0.3 is 10.1 Å². The topological polar surface area (TPSA) is 21.3 Å². The zero-order chi connectivity index (χ0) is 16.2. The monoisotopic (exact) mass is 315 g/mol. The molecule has 118 valence electrons. The Morgan fingerprint density at radius 3 is 2.59 bits per heavy atom. The molecular formula is C19H25NOS. The highest BCUT2D eigenvalue weighted by atomic mass is 32.1. The number of hydrogen-bond donors (Lipinski definition) is 1. The van der Waals surface area contributed by atoms with Crippen molar-refractivity contribution in [3.63, 3.8) is 0 Å². The molecule has 0 amide bonds. The van der Waals surface area contributed by atoms with Crippen LogP contribution in [0.15, 0.2) is 54.4 Å². The van der Waals surface area contributed by atoms with Crippen LogP contribution in [-0.2, 0) is 11.3 Å². The fourth-order valence-electron chi connectivity index (χ4n) is 1.74. The van der Waals surface area contributed by atoms with Gasteiger partial charge in [0.05, 0.1) is 0 Å². The molecule has 0 radical (unpaired) electrons. The lowest BCUT2D eigenvalue weighted by Gasteiger charge is -2.05. The van der Waals surface area contributed by atoms with E-state index in [1.54, 1.807) is 17.4 Å². The lowest BCUT2D eigenvalue weighted by molar-refractivity contribution is 0.260. The Hall–Kier alpha value is -1.84. The van der Waals surface area contributed by atoms with Crippen molar-refractivity contribution in [2.45, 2.75) is 20.5 Å². The maximum Gasteiger partial charge on any atom is 0.122 e. The van der Waals surface area contributed by atoms with Crippen molar-refractivity contribution >= 4 is 23.2 Å². The van der Waals surface area contributed by atoms with Crippen LogP contribution in [-0.4, -0.2) is 13.6 Å². The van der Waals surface area contributed by atoms with Gasteiger partial charge in [-0.15, -0.1) is 11.3 Å². The van der Waals surface area contributed by atoms with Gasteiger partial charge in [0.1, 0.15) is 12.4 Å². The number of nitrogens with one attached hydrogen (secondary N) is 1. The van der Waals surface area contributed by atoms with Crippen LogP contribution in [0.5, 0.6) is 0 Å². The molecule has 0 atom stereocenters. The van der Waals surface area contributed by atoms with Gasteiger partial charge in [0.25, 0.3) is 0 Å². The lowest BCUT2D eigenvalue weighted by atomic mass is 10.2. The summed E-state index contributed by atoms with van der Waals surface area (Å²) in [5.41, 5.74) is 0. The van der Waals surface area contributed by atoms with E-state index in [4.69, 9.17) is 4.74 Å². The van der Waals surface area contributed by atoms with Gasteiger partial charge >= 0.3 is 0 Å². The van der Waals surface area contributed by atoms with Gasteiger partial charge in [-0.3, -0.25) is 0 Å². The highest BCUT2D eigenvalue weighted by Crippen LogP contribution is 2.11. The molecule has 2 rings (SSSR count). The molecule has 0 saturated heterocycles. The van der Waals surface area contributed by atoms with Gasteiger partial charge in [0, 0.05) is 10.1 Å². The Bertz CT molecular complexity index is 657. The summed E-state index contributed by atoms with van der Waals surface area (Å²) >= 11 is 1.71. The number of thiophene rings is 1. The first-order chi connectivity index (χ1) is 10.7. The molecule has 2 nitrogen and oxygen atoms in total. The Labute approximate surface area is 137 Å². The Morgan fingerprint density at radius 2 is 2.00 bits per heavy atom. The van der Waals surface area contributed by atoms with E-state index in [9.17, 15) is 0 Å². The van der Waals surface area contributed by atoms with E-state index in [2.05, 4.69) is 42.4 Å². The van der Waals surface area contributed by atoms with Crippen LogP contribution in [0.1, 0.15) is 18.7 Å². The summed E-state index contributed by atoms with van der Waals surface area (Å²) in [6, 6.07) is 12.3. The fourth-order valence-corrected chi connectivity index (χ4v) is 2.36. The third kappa shape index (κ3) is 6.29. The zero-order valence-corrected chi connectivity index (χ0v) is 14.5. The summed E-state index contributed by atoms with van der Waals surface area (Å²) in [5, 5.41) is 7.25. The van der Waals surface area contributed by atoms with E-state index in [1.165, 1.54) is 4.88 Å². The zero-order valence-electron chi connectivity index (χ0n) is 13.6. The Balaban J connectivity index is 0.000000541. The van der Waals surface area contributed by atoms with Crippen LogP contribution in [0.4, 0.5) is 0 Å². The quantitative estimate of drug-likeness (QED) is 0.914. The summed E-state index contributed by atoms with van der Waals surface area (Å²) in [6.07, 6.45) is 3.79. The van der Waals surface area contributed by atoms with Crippen LogP contribution in [0.3, 0.4) is 0 Å². The molecule has 22 heavy (non-hydrogen) atoms. The molecule has 0 fully saturated rings. The number of ether oxygens (including phenoxy) is 1. The van der Waals surface area contributed by atoms with E-state index in [1.807, 2.05) is 38.2 Å². The largest absolute Gasteiger partial charge is 0.492 e. The summed E-state index contributed by atoms with van der Waals surface area (Å²) in [7, 11) is 1.93. The minimum absolute atomic E-state index is 0.631.